The summed E-state index contributed by atoms with van der Waals surface area (Å²) >= 11 is 14.0. The third-order valence-electron chi connectivity index (χ3n) is 5.52. The van der Waals surface area contributed by atoms with Gasteiger partial charge in [0.2, 0.25) is 0 Å². The zero-order valence-electron chi connectivity index (χ0n) is 18.2. The second kappa shape index (κ2) is 10.4. The zero-order valence-corrected chi connectivity index (χ0v) is 20.5. The van der Waals surface area contributed by atoms with E-state index in [1.165, 1.54) is 23.1 Å². The number of benzene rings is 5. The van der Waals surface area contributed by atoms with E-state index in [-0.39, 0.29) is 0 Å². The summed E-state index contributed by atoms with van der Waals surface area (Å²) in [6.07, 6.45) is 0. The Morgan fingerprint density at radius 2 is 0.912 bits per heavy atom. The van der Waals surface area contributed by atoms with Crippen LogP contribution in [0, 0.1) is 0 Å². The van der Waals surface area contributed by atoms with Gasteiger partial charge in [0.05, 0.1) is 5.69 Å². The molecule has 0 bridgehead atoms. The highest BCUT2D eigenvalue weighted by atomic mass is 35.5. The molecule has 0 fully saturated rings. The van der Waals surface area contributed by atoms with Crippen LogP contribution < -0.4 is 4.72 Å². The largest absolute Gasteiger partial charge is 0.325 e. The zero-order chi connectivity index (χ0) is 23.3. The van der Waals surface area contributed by atoms with Crippen LogP contribution >= 0.6 is 35.1 Å². The Labute approximate surface area is 214 Å². The second-order valence-corrected chi connectivity index (χ2v) is 9.61. The average Bonchev–Trinajstić information content (AvgIpc) is 2.88. The molecule has 0 radical (unpaired) electrons. The molecule has 0 heterocycles. The van der Waals surface area contributed by atoms with E-state index in [4.69, 9.17) is 23.2 Å². The van der Waals surface area contributed by atoms with E-state index in [1.54, 1.807) is 6.07 Å². The highest BCUT2D eigenvalue weighted by molar-refractivity contribution is 8.00. The van der Waals surface area contributed by atoms with Crippen molar-refractivity contribution in [1.29, 1.82) is 0 Å². The van der Waals surface area contributed by atoms with E-state index in [9.17, 15) is 0 Å². The van der Waals surface area contributed by atoms with E-state index in [2.05, 4.69) is 89.7 Å². The number of hydrogen-bond acceptors (Lipinski definition) is 2. The first-order valence-corrected chi connectivity index (χ1v) is 12.5. The fraction of sp³-hybridized carbons (Fsp3) is 0. The maximum Gasteiger partial charge on any atom is 0.0601 e. The van der Waals surface area contributed by atoms with Gasteiger partial charge < -0.3 is 4.72 Å². The molecule has 5 aromatic rings. The molecule has 0 aromatic heterocycles. The maximum absolute atomic E-state index is 6.25. The van der Waals surface area contributed by atoms with Crippen molar-refractivity contribution in [3.63, 3.8) is 0 Å². The smallest absolute Gasteiger partial charge is 0.0601 e. The summed E-state index contributed by atoms with van der Waals surface area (Å²) in [6.45, 7) is 0. The monoisotopic (exact) mass is 497 g/mol. The van der Waals surface area contributed by atoms with Crippen LogP contribution in [0.3, 0.4) is 0 Å². The van der Waals surface area contributed by atoms with Crippen LogP contribution in [-0.2, 0) is 0 Å². The molecule has 0 aliphatic rings. The van der Waals surface area contributed by atoms with Crippen molar-refractivity contribution >= 4 is 40.8 Å². The highest BCUT2D eigenvalue weighted by Crippen LogP contribution is 2.43. The van der Waals surface area contributed by atoms with Gasteiger partial charge in [0.15, 0.2) is 0 Å². The fourth-order valence-electron chi connectivity index (χ4n) is 3.94. The van der Waals surface area contributed by atoms with Crippen molar-refractivity contribution in [2.24, 2.45) is 0 Å². The van der Waals surface area contributed by atoms with Crippen molar-refractivity contribution in [2.75, 3.05) is 4.72 Å². The normalized spacial score (nSPS) is 10.8. The highest BCUT2D eigenvalue weighted by Gasteiger charge is 2.16. The topological polar surface area (TPSA) is 12.0 Å². The van der Waals surface area contributed by atoms with Gasteiger partial charge in [-0.25, -0.2) is 0 Å². The van der Waals surface area contributed by atoms with Crippen LogP contribution in [-0.4, -0.2) is 0 Å². The number of anilines is 1. The molecule has 0 atom stereocenters. The molecule has 0 saturated heterocycles. The Balaban J connectivity index is 1.70. The van der Waals surface area contributed by atoms with E-state index < -0.39 is 0 Å². The number of rotatable bonds is 6. The van der Waals surface area contributed by atoms with Crippen LogP contribution in [0.5, 0.6) is 0 Å². The van der Waals surface area contributed by atoms with Crippen molar-refractivity contribution in [3.8, 4) is 33.4 Å². The molecule has 34 heavy (non-hydrogen) atoms. The molecular weight excluding hydrogens is 477 g/mol. The molecule has 5 aromatic carbocycles. The fourth-order valence-corrected chi connectivity index (χ4v) is 5.40. The quantitative estimate of drug-likeness (QED) is 0.234. The van der Waals surface area contributed by atoms with E-state index in [0.717, 1.165) is 32.8 Å². The Morgan fingerprint density at radius 1 is 0.471 bits per heavy atom. The first-order valence-electron chi connectivity index (χ1n) is 10.9. The number of nitrogens with one attached hydrogen (secondary N) is 1. The Bertz CT molecular complexity index is 1320. The Morgan fingerprint density at radius 3 is 1.38 bits per heavy atom. The van der Waals surface area contributed by atoms with Gasteiger partial charge in [-0.2, -0.15) is 0 Å². The summed E-state index contributed by atoms with van der Waals surface area (Å²) in [6, 6.07) is 41.5. The summed E-state index contributed by atoms with van der Waals surface area (Å²) in [5, 5.41) is 1.23. The third kappa shape index (κ3) is 5.15. The molecular formula is C30H21Cl2NS. The molecule has 0 spiro atoms. The summed E-state index contributed by atoms with van der Waals surface area (Å²) in [4.78, 5) is 0.947. The minimum Gasteiger partial charge on any atom is -0.325 e. The predicted octanol–water partition coefficient (Wildman–Crippen LogP) is 10.1. The van der Waals surface area contributed by atoms with E-state index in [0.29, 0.717) is 10.0 Å². The molecule has 1 nitrogen and oxygen atoms in total. The van der Waals surface area contributed by atoms with E-state index in [1.807, 2.05) is 30.3 Å². The Hall–Kier alpha value is -3.17. The molecule has 0 saturated carbocycles. The van der Waals surface area contributed by atoms with Gasteiger partial charge in [0, 0.05) is 26.1 Å². The first-order chi connectivity index (χ1) is 16.7. The van der Waals surface area contributed by atoms with Crippen molar-refractivity contribution in [1.82, 2.24) is 0 Å². The van der Waals surface area contributed by atoms with Crippen molar-refractivity contribution < 1.29 is 0 Å². The molecule has 5 rings (SSSR count). The van der Waals surface area contributed by atoms with Gasteiger partial charge in [-0.3, -0.25) is 0 Å². The summed E-state index contributed by atoms with van der Waals surface area (Å²) in [5.74, 6) is 0. The lowest BCUT2D eigenvalue weighted by Gasteiger charge is -2.19. The van der Waals surface area contributed by atoms with Gasteiger partial charge in [-0.15, -0.1) is 0 Å². The average molecular weight is 498 g/mol. The maximum atomic E-state index is 6.25. The van der Waals surface area contributed by atoms with Crippen LogP contribution in [0.2, 0.25) is 10.0 Å². The minimum atomic E-state index is 0.614. The lowest BCUT2D eigenvalue weighted by molar-refractivity contribution is 1.46. The number of hydrogen-bond donors (Lipinski definition) is 1. The first kappa shape index (κ1) is 22.6. The van der Waals surface area contributed by atoms with Crippen molar-refractivity contribution in [3.05, 3.63) is 131 Å². The van der Waals surface area contributed by atoms with Gasteiger partial charge in [0.1, 0.15) is 0 Å². The molecule has 166 valence electrons. The third-order valence-corrected chi connectivity index (χ3v) is 6.74. The standard InChI is InChI=1S/C30H21Cl2NS/c31-25-18-26(32)20-27(19-25)34-33-30-28(22-12-6-2-7-13-22)16-24(21-10-4-1-5-11-21)17-29(30)23-14-8-3-9-15-23/h1-20,33H. The minimum absolute atomic E-state index is 0.614. The SMILES string of the molecule is Clc1cc(Cl)cc(SNc2c(-c3ccccc3)cc(-c3ccccc3)cc2-c2ccccc2)c1. The van der Waals surface area contributed by atoms with Crippen molar-refractivity contribution in [2.45, 2.75) is 4.90 Å². The lowest BCUT2D eigenvalue weighted by atomic mass is 9.91. The lowest BCUT2D eigenvalue weighted by Crippen LogP contribution is -1.96. The van der Waals surface area contributed by atoms with Gasteiger partial charge in [0.25, 0.3) is 0 Å². The van der Waals surface area contributed by atoms with Crippen LogP contribution in [0.25, 0.3) is 33.4 Å². The summed E-state index contributed by atoms with van der Waals surface area (Å²) in [5.41, 5.74) is 7.92. The predicted molar refractivity (Wildman–Crippen MR) is 149 cm³/mol. The van der Waals surface area contributed by atoms with Gasteiger partial charge in [-0.05, 0) is 64.5 Å². The molecule has 4 heteroatoms. The molecule has 0 aliphatic heterocycles. The van der Waals surface area contributed by atoms with Crippen LogP contribution in [0.15, 0.2) is 126 Å². The van der Waals surface area contributed by atoms with Gasteiger partial charge >= 0.3 is 0 Å². The summed E-state index contributed by atoms with van der Waals surface area (Å²) < 4.78 is 3.63. The number of halogens is 2. The molecule has 1 N–H and O–H groups in total. The molecule has 0 amide bonds. The summed E-state index contributed by atoms with van der Waals surface area (Å²) in [7, 11) is 0. The van der Waals surface area contributed by atoms with Crippen LogP contribution in [0.4, 0.5) is 5.69 Å². The van der Waals surface area contributed by atoms with Crippen LogP contribution in [0.1, 0.15) is 0 Å². The Kier molecular flexibility index (Phi) is 6.92. The van der Waals surface area contributed by atoms with Gasteiger partial charge in [-0.1, -0.05) is 114 Å². The molecule has 0 aliphatic carbocycles. The second-order valence-electron chi connectivity index (χ2n) is 7.85. The van der Waals surface area contributed by atoms with E-state index >= 15 is 0 Å². The molecule has 0 unspecified atom stereocenters.